The maximum Gasteiger partial charge on any atom is 0.271 e. The molecule has 6 heteroatoms. The van der Waals surface area contributed by atoms with Gasteiger partial charge in [-0.3, -0.25) is 14.8 Å². The van der Waals surface area contributed by atoms with Crippen LogP contribution in [0.1, 0.15) is 6.42 Å². The monoisotopic (exact) mass is 246 g/mol. The van der Waals surface area contributed by atoms with E-state index in [1.807, 2.05) is 23.0 Å². The lowest BCUT2D eigenvalue weighted by atomic mass is 10.3. The summed E-state index contributed by atoms with van der Waals surface area (Å²) < 4.78 is 1.86. The summed E-state index contributed by atoms with van der Waals surface area (Å²) >= 11 is 0. The van der Waals surface area contributed by atoms with Gasteiger partial charge in [0.15, 0.2) is 0 Å². The molecule has 0 amide bonds. The molecule has 1 heterocycles. The summed E-state index contributed by atoms with van der Waals surface area (Å²) in [6, 6.07) is 8.39. The zero-order chi connectivity index (χ0) is 12.8. The van der Waals surface area contributed by atoms with Crippen LogP contribution in [0, 0.1) is 10.1 Å². The predicted molar refractivity (Wildman–Crippen MR) is 68.4 cm³/mol. The van der Waals surface area contributed by atoms with Crippen molar-refractivity contribution >= 4 is 11.4 Å². The minimum atomic E-state index is -0.394. The third kappa shape index (κ3) is 3.31. The van der Waals surface area contributed by atoms with E-state index in [0.29, 0.717) is 0 Å². The molecule has 0 aliphatic rings. The Labute approximate surface area is 104 Å². The maximum absolute atomic E-state index is 10.6. The molecule has 0 aliphatic heterocycles. The Hall–Kier alpha value is -2.37. The number of hydrogen-bond acceptors (Lipinski definition) is 4. The molecular weight excluding hydrogens is 232 g/mol. The number of benzene rings is 1. The summed E-state index contributed by atoms with van der Waals surface area (Å²) in [5, 5.41) is 17.9. The zero-order valence-electron chi connectivity index (χ0n) is 9.82. The fraction of sp³-hybridized carbons (Fsp3) is 0.250. The predicted octanol–water partition coefficient (Wildman–Crippen LogP) is 2.29. The number of anilines is 1. The van der Waals surface area contributed by atoms with Crippen molar-refractivity contribution in [3.63, 3.8) is 0 Å². The average molecular weight is 246 g/mol. The van der Waals surface area contributed by atoms with E-state index in [-0.39, 0.29) is 5.69 Å². The highest BCUT2D eigenvalue weighted by Crippen LogP contribution is 2.16. The summed E-state index contributed by atoms with van der Waals surface area (Å²) in [4.78, 5) is 10.2. The summed E-state index contributed by atoms with van der Waals surface area (Å²) in [7, 11) is 0. The molecule has 0 atom stereocenters. The van der Waals surface area contributed by atoms with Gasteiger partial charge in [0.2, 0.25) is 0 Å². The SMILES string of the molecule is O=[N+]([O-])c1cccc(NCCCn2cccn2)c1. The van der Waals surface area contributed by atoms with Crippen LogP contribution in [-0.2, 0) is 6.54 Å². The molecule has 0 saturated carbocycles. The lowest BCUT2D eigenvalue weighted by Crippen LogP contribution is -2.07. The minimum absolute atomic E-state index is 0.104. The van der Waals surface area contributed by atoms with Gasteiger partial charge in [-0.25, -0.2) is 0 Å². The molecule has 1 N–H and O–H groups in total. The van der Waals surface area contributed by atoms with Crippen LogP contribution in [0.2, 0.25) is 0 Å². The molecule has 0 saturated heterocycles. The lowest BCUT2D eigenvalue weighted by molar-refractivity contribution is -0.384. The summed E-state index contributed by atoms with van der Waals surface area (Å²) in [5.41, 5.74) is 0.872. The van der Waals surface area contributed by atoms with E-state index in [2.05, 4.69) is 10.4 Å². The Morgan fingerprint density at radius 2 is 2.28 bits per heavy atom. The number of nitrogens with zero attached hydrogens (tertiary/aromatic N) is 3. The van der Waals surface area contributed by atoms with Crippen LogP contribution in [0.15, 0.2) is 42.7 Å². The van der Waals surface area contributed by atoms with E-state index in [1.165, 1.54) is 12.1 Å². The molecular formula is C12H14N4O2. The van der Waals surface area contributed by atoms with Crippen LogP contribution in [0.25, 0.3) is 0 Å². The molecule has 0 aliphatic carbocycles. The second-order valence-corrected chi connectivity index (χ2v) is 3.86. The van der Waals surface area contributed by atoms with Gasteiger partial charge in [0.25, 0.3) is 5.69 Å². The highest BCUT2D eigenvalue weighted by atomic mass is 16.6. The third-order valence-corrected chi connectivity index (χ3v) is 2.51. The number of aromatic nitrogens is 2. The van der Waals surface area contributed by atoms with Gasteiger partial charge in [-0.05, 0) is 18.6 Å². The number of nitrogens with one attached hydrogen (secondary N) is 1. The molecule has 0 fully saturated rings. The fourth-order valence-electron chi connectivity index (χ4n) is 1.64. The minimum Gasteiger partial charge on any atom is -0.385 e. The third-order valence-electron chi connectivity index (χ3n) is 2.51. The molecule has 0 spiro atoms. The van der Waals surface area contributed by atoms with Gasteiger partial charge in [0.1, 0.15) is 0 Å². The van der Waals surface area contributed by atoms with E-state index < -0.39 is 4.92 Å². The number of rotatable bonds is 6. The maximum atomic E-state index is 10.6. The highest BCUT2D eigenvalue weighted by Gasteiger charge is 2.04. The van der Waals surface area contributed by atoms with Crippen LogP contribution in [0.4, 0.5) is 11.4 Å². The Balaban J connectivity index is 1.79. The first-order valence-electron chi connectivity index (χ1n) is 5.71. The Kier molecular flexibility index (Phi) is 3.90. The van der Waals surface area contributed by atoms with Crippen molar-refractivity contribution in [1.82, 2.24) is 9.78 Å². The van der Waals surface area contributed by atoms with Crippen molar-refractivity contribution in [3.8, 4) is 0 Å². The van der Waals surface area contributed by atoms with Crippen molar-refractivity contribution in [2.24, 2.45) is 0 Å². The largest absolute Gasteiger partial charge is 0.385 e. The molecule has 0 radical (unpaired) electrons. The van der Waals surface area contributed by atoms with Gasteiger partial charge < -0.3 is 5.32 Å². The van der Waals surface area contributed by atoms with Gasteiger partial charge in [-0.2, -0.15) is 5.10 Å². The molecule has 2 aromatic rings. The number of nitro benzene ring substituents is 1. The average Bonchev–Trinajstić information content (AvgIpc) is 2.88. The summed E-state index contributed by atoms with van der Waals surface area (Å²) in [6.45, 7) is 1.58. The van der Waals surface area contributed by atoms with Crippen molar-refractivity contribution in [2.45, 2.75) is 13.0 Å². The summed E-state index contributed by atoms with van der Waals surface area (Å²) in [6.07, 6.45) is 4.56. The quantitative estimate of drug-likeness (QED) is 0.482. The molecule has 6 nitrogen and oxygen atoms in total. The molecule has 18 heavy (non-hydrogen) atoms. The van der Waals surface area contributed by atoms with E-state index in [1.54, 1.807) is 12.3 Å². The number of aryl methyl sites for hydroxylation is 1. The second kappa shape index (κ2) is 5.81. The van der Waals surface area contributed by atoms with Crippen molar-refractivity contribution in [3.05, 3.63) is 52.8 Å². The molecule has 0 bridgehead atoms. The first-order chi connectivity index (χ1) is 8.75. The zero-order valence-corrected chi connectivity index (χ0v) is 9.82. The number of hydrogen-bond donors (Lipinski definition) is 1. The van der Waals surface area contributed by atoms with E-state index in [9.17, 15) is 10.1 Å². The lowest BCUT2D eigenvalue weighted by Gasteiger charge is -2.06. The fourth-order valence-corrected chi connectivity index (χ4v) is 1.64. The molecule has 2 rings (SSSR count). The van der Waals surface area contributed by atoms with Crippen LogP contribution >= 0.6 is 0 Å². The first-order valence-corrected chi connectivity index (χ1v) is 5.71. The molecule has 0 unspecified atom stereocenters. The van der Waals surface area contributed by atoms with Gasteiger partial charge >= 0.3 is 0 Å². The Morgan fingerprint density at radius 3 is 3.00 bits per heavy atom. The Bertz CT molecular complexity index is 511. The second-order valence-electron chi connectivity index (χ2n) is 3.86. The molecule has 94 valence electrons. The number of nitro groups is 1. The van der Waals surface area contributed by atoms with Crippen LogP contribution in [-0.4, -0.2) is 21.2 Å². The van der Waals surface area contributed by atoms with E-state index >= 15 is 0 Å². The van der Waals surface area contributed by atoms with E-state index in [4.69, 9.17) is 0 Å². The first kappa shape index (κ1) is 12.1. The van der Waals surface area contributed by atoms with Gasteiger partial charge in [-0.1, -0.05) is 6.07 Å². The summed E-state index contributed by atoms with van der Waals surface area (Å²) in [5.74, 6) is 0. The van der Waals surface area contributed by atoms with Crippen LogP contribution in [0.3, 0.4) is 0 Å². The van der Waals surface area contributed by atoms with Crippen molar-refractivity contribution in [2.75, 3.05) is 11.9 Å². The molecule has 1 aromatic heterocycles. The van der Waals surface area contributed by atoms with E-state index in [0.717, 1.165) is 25.2 Å². The smallest absolute Gasteiger partial charge is 0.271 e. The van der Waals surface area contributed by atoms with Gasteiger partial charge in [0.05, 0.1) is 4.92 Å². The standard InChI is InChI=1S/C12H14N4O2/c17-16(18)12-5-1-4-11(10-12)13-6-2-8-15-9-3-7-14-15/h1,3-5,7,9-10,13H,2,6,8H2. The van der Waals surface area contributed by atoms with Crippen molar-refractivity contribution < 1.29 is 4.92 Å². The van der Waals surface area contributed by atoms with Gasteiger partial charge in [-0.15, -0.1) is 0 Å². The Morgan fingerprint density at radius 1 is 1.39 bits per heavy atom. The number of non-ortho nitro benzene ring substituents is 1. The topological polar surface area (TPSA) is 73.0 Å². The van der Waals surface area contributed by atoms with Crippen LogP contribution in [0.5, 0.6) is 0 Å². The highest BCUT2D eigenvalue weighted by molar-refractivity contribution is 5.50. The van der Waals surface area contributed by atoms with Crippen molar-refractivity contribution in [1.29, 1.82) is 0 Å². The van der Waals surface area contributed by atoms with Gasteiger partial charge in [0, 0.05) is 43.3 Å². The van der Waals surface area contributed by atoms with Crippen LogP contribution < -0.4 is 5.32 Å². The molecule has 1 aromatic carbocycles. The normalized spacial score (nSPS) is 10.2.